The third-order valence-corrected chi connectivity index (χ3v) is 15.1. The molecular weight excluding hydrogens is 506 g/mol. The molecule has 164 valence electrons. The molecule has 0 spiro atoms. The summed E-state index contributed by atoms with van der Waals surface area (Å²) in [6.45, 7) is 0. The molecule has 7 heteroatoms. The van der Waals surface area contributed by atoms with Crippen LogP contribution in [0, 0.1) is 29.1 Å². The first-order valence-corrected chi connectivity index (χ1v) is 14.1. The van der Waals surface area contributed by atoms with Gasteiger partial charge in [-0.2, -0.15) is 0 Å². The van der Waals surface area contributed by atoms with Gasteiger partial charge in [-0.25, -0.2) is 0 Å². The molecule has 0 fully saturated rings. The predicted molar refractivity (Wildman–Crippen MR) is 124 cm³/mol. The molecule has 4 aromatic rings. The van der Waals surface area contributed by atoms with E-state index in [-0.39, 0.29) is 0 Å². The molecule has 0 aliphatic heterocycles. The Labute approximate surface area is 190 Å². The summed E-state index contributed by atoms with van der Waals surface area (Å²) in [7, 11) is 0. The van der Waals surface area contributed by atoms with Crippen molar-refractivity contribution in [2.45, 2.75) is 6.16 Å². The molecule has 0 atom stereocenters. The summed E-state index contributed by atoms with van der Waals surface area (Å²) in [5.41, 5.74) is -0.854. The van der Waals surface area contributed by atoms with Crippen molar-refractivity contribution >= 4 is 36.7 Å². The van der Waals surface area contributed by atoms with Crippen LogP contribution in [0.5, 0.6) is 0 Å². The summed E-state index contributed by atoms with van der Waals surface area (Å²) >= 11 is 3.95. The van der Waals surface area contributed by atoms with E-state index in [1.54, 1.807) is 91.0 Å². The number of hydrogen-bond acceptors (Lipinski definition) is 0. The van der Waals surface area contributed by atoms with Gasteiger partial charge in [0.05, 0.1) is 0 Å². The van der Waals surface area contributed by atoms with E-state index in [2.05, 4.69) is 15.5 Å². The van der Waals surface area contributed by atoms with Crippen molar-refractivity contribution in [2.24, 2.45) is 0 Å². The van der Waals surface area contributed by atoms with Gasteiger partial charge in [-0.1, -0.05) is 0 Å². The molecule has 0 aliphatic carbocycles. The third kappa shape index (κ3) is 3.37. The first-order chi connectivity index (χ1) is 15.3. The Bertz CT molecular complexity index is 1140. The normalized spacial score (nSPS) is 12.9. The molecule has 0 amide bonds. The van der Waals surface area contributed by atoms with Gasteiger partial charge in [0.2, 0.25) is 0 Å². The Balaban J connectivity index is 2.16. The summed E-state index contributed by atoms with van der Waals surface area (Å²) in [6.07, 6.45) is -0.449. The van der Waals surface area contributed by atoms with Crippen LogP contribution in [0.4, 0.5) is 22.0 Å². The van der Waals surface area contributed by atoms with Gasteiger partial charge in [0.1, 0.15) is 0 Å². The van der Waals surface area contributed by atoms with E-state index in [0.29, 0.717) is 15.9 Å². The van der Waals surface area contributed by atoms with Gasteiger partial charge >= 0.3 is 190 Å². The van der Waals surface area contributed by atoms with Crippen molar-refractivity contribution in [3.8, 4) is 0 Å². The zero-order valence-electron chi connectivity index (χ0n) is 16.6. The zero-order valence-corrected chi connectivity index (χ0v) is 19.1. The molecule has 4 rings (SSSR count). The number of halogens is 6. The van der Waals surface area contributed by atoms with Gasteiger partial charge in [-0.15, -0.1) is 0 Å². The van der Waals surface area contributed by atoms with Crippen molar-refractivity contribution in [2.75, 3.05) is 0 Å². The second-order valence-corrected chi connectivity index (χ2v) is 16.3. The minimum absolute atomic E-state index is 0.449. The summed E-state index contributed by atoms with van der Waals surface area (Å²) in [6, 6.07) is 26.9. The molecule has 0 unspecified atom stereocenters. The molecule has 0 nitrogen and oxygen atoms in total. The first kappa shape index (κ1) is 22.6. The molecule has 4 aromatic carbocycles. The maximum absolute atomic E-state index is 14.9. The fourth-order valence-corrected chi connectivity index (χ4v) is 11.6. The van der Waals surface area contributed by atoms with Crippen molar-refractivity contribution in [1.29, 1.82) is 0 Å². The van der Waals surface area contributed by atoms with E-state index in [4.69, 9.17) is 0 Å². The Hall–Kier alpha value is -2.56. The van der Waals surface area contributed by atoms with Crippen molar-refractivity contribution < 1.29 is 22.0 Å². The van der Waals surface area contributed by atoms with Crippen LogP contribution in [0.25, 0.3) is 0 Å². The van der Waals surface area contributed by atoms with Gasteiger partial charge in [-0.05, 0) is 0 Å². The van der Waals surface area contributed by atoms with E-state index in [1.807, 2.05) is 0 Å². The maximum atomic E-state index is 14.9. The summed E-state index contributed by atoms with van der Waals surface area (Å²) < 4.78 is 71.9. The van der Waals surface area contributed by atoms with Crippen LogP contribution in [-0.2, 0) is 6.16 Å². The molecule has 0 heterocycles. The second-order valence-electron chi connectivity index (χ2n) is 7.40. The third-order valence-electron chi connectivity index (χ3n) is 5.64. The second kappa shape index (κ2) is 8.42. The molecule has 32 heavy (non-hydrogen) atoms. The Kier molecular flexibility index (Phi) is 5.95. The number of benzene rings is 4. The molecule has 0 aliphatic rings. The van der Waals surface area contributed by atoms with Crippen LogP contribution < -0.4 is 15.9 Å². The predicted octanol–water partition coefficient (Wildman–Crippen LogP) is 6.72. The summed E-state index contributed by atoms with van der Waals surface area (Å²) in [5, 5.41) is -1.85. The molecule has 0 bridgehead atoms. The monoisotopic (exact) mass is 522 g/mol. The summed E-state index contributed by atoms with van der Waals surface area (Å²) in [4.78, 5) is 0. The molecule has 0 saturated heterocycles. The molecular formula is C25H17BrF5P. The van der Waals surface area contributed by atoms with Crippen LogP contribution in [0.15, 0.2) is 91.0 Å². The van der Waals surface area contributed by atoms with Crippen LogP contribution in [0.2, 0.25) is 0 Å². The minimum atomic E-state index is -3.94. The van der Waals surface area contributed by atoms with Crippen LogP contribution in [0.3, 0.4) is 0 Å². The van der Waals surface area contributed by atoms with Crippen molar-refractivity contribution in [1.82, 2.24) is 0 Å². The van der Waals surface area contributed by atoms with Gasteiger partial charge in [-0.3, -0.25) is 0 Å². The van der Waals surface area contributed by atoms with E-state index in [9.17, 15) is 22.0 Å². The van der Waals surface area contributed by atoms with Crippen LogP contribution in [0.1, 0.15) is 5.56 Å². The quantitative estimate of drug-likeness (QED) is 0.118. The zero-order chi connectivity index (χ0) is 23.0. The molecule has 0 saturated carbocycles. The number of rotatable bonds is 5. The molecule has 0 aromatic heterocycles. The summed E-state index contributed by atoms with van der Waals surface area (Å²) in [5.74, 6) is -9.72. The van der Waals surface area contributed by atoms with Crippen LogP contribution >= 0.6 is 20.8 Å². The fourth-order valence-electron chi connectivity index (χ4n) is 4.02. The van der Waals surface area contributed by atoms with E-state index in [1.165, 1.54) is 0 Å². The SMILES string of the molecule is Fc1c(F)c(F)c(CP(Br)(c2ccccc2)(c2ccccc2)c2ccccc2)c(F)c1F. The van der Waals surface area contributed by atoms with Gasteiger partial charge in [0, 0.05) is 0 Å². The average molecular weight is 523 g/mol. The van der Waals surface area contributed by atoms with Crippen LogP contribution in [-0.4, -0.2) is 0 Å². The first-order valence-electron chi connectivity index (χ1n) is 9.69. The van der Waals surface area contributed by atoms with E-state index >= 15 is 0 Å². The van der Waals surface area contributed by atoms with Crippen molar-refractivity contribution in [3.63, 3.8) is 0 Å². The van der Waals surface area contributed by atoms with E-state index < -0.39 is 46.1 Å². The molecule has 0 N–H and O–H groups in total. The standard InChI is InChI=1S/C25H17BrF5P/c26-32(17-10-4-1-5-11-17,18-12-6-2-7-13-18,19-14-8-3-9-15-19)16-20-21(27)23(29)25(31)24(30)22(20)28/h1-15H,16H2. The number of hydrogen-bond donors (Lipinski definition) is 0. The van der Waals surface area contributed by atoms with Crippen molar-refractivity contribution in [3.05, 3.63) is 126 Å². The van der Waals surface area contributed by atoms with Gasteiger partial charge in [0.25, 0.3) is 0 Å². The molecule has 0 radical (unpaired) electrons. The van der Waals surface area contributed by atoms with Gasteiger partial charge in [0.15, 0.2) is 0 Å². The average Bonchev–Trinajstić information content (AvgIpc) is 2.86. The fraction of sp³-hybridized carbons (Fsp3) is 0.0400. The Morgan fingerprint density at radius 1 is 0.469 bits per heavy atom. The topological polar surface area (TPSA) is 0 Å². The Morgan fingerprint density at radius 3 is 1.06 bits per heavy atom. The van der Waals surface area contributed by atoms with Gasteiger partial charge < -0.3 is 0 Å². The van der Waals surface area contributed by atoms with E-state index in [0.717, 1.165) is 0 Å². The Morgan fingerprint density at radius 2 is 0.750 bits per heavy atom.